The van der Waals surface area contributed by atoms with E-state index in [0.717, 1.165) is 5.56 Å². The number of nitrogens with zero attached hydrogens (tertiary/aromatic N) is 2. The number of rotatable bonds is 5. The average Bonchev–Trinajstić information content (AvgIpc) is 2.51. The summed E-state index contributed by atoms with van der Waals surface area (Å²) in [5.74, 6) is 0. The lowest BCUT2D eigenvalue weighted by atomic mass is 10.2. The van der Waals surface area contributed by atoms with E-state index in [1.165, 1.54) is 10.9 Å². The SMILES string of the molecule is COC(C)CNc1cnn(-c2ccc(C)c(Cl)c2)c(=O)c1Cl. The normalized spacial score (nSPS) is 12.2. The van der Waals surface area contributed by atoms with Crippen LogP contribution in [-0.4, -0.2) is 29.5 Å². The fraction of sp³-hybridized carbons (Fsp3) is 0.333. The monoisotopic (exact) mass is 341 g/mol. The Bertz CT molecular complexity index is 731. The molecule has 1 aromatic heterocycles. The summed E-state index contributed by atoms with van der Waals surface area (Å²) in [5.41, 5.74) is 1.57. The van der Waals surface area contributed by atoms with Crippen molar-refractivity contribution in [1.82, 2.24) is 9.78 Å². The summed E-state index contributed by atoms with van der Waals surface area (Å²) in [7, 11) is 1.62. The quantitative estimate of drug-likeness (QED) is 0.906. The van der Waals surface area contributed by atoms with Gasteiger partial charge in [0.15, 0.2) is 0 Å². The smallest absolute Gasteiger partial charge is 0.292 e. The van der Waals surface area contributed by atoms with Gasteiger partial charge in [-0.2, -0.15) is 9.78 Å². The summed E-state index contributed by atoms with van der Waals surface area (Å²) in [4.78, 5) is 12.4. The maximum Gasteiger partial charge on any atom is 0.292 e. The van der Waals surface area contributed by atoms with Crippen molar-refractivity contribution in [2.45, 2.75) is 20.0 Å². The molecule has 0 fully saturated rings. The molecule has 7 heteroatoms. The Kier molecular flexibility index (Phi) is 5.45. The molecule has 1 N–H and O–H groups in total. The Morgan fingerprint density at radius 2 is 2.14 bits per heavy atom. The molecule has 0 aliphatic rings. The van der Waals surface area contributed by atoms with Crippen molar-refractivity contribution < 1.29 is 4.74 Å². The minimum absolute atomic E-state index is 0.00518. The van der Waals surface area contributed by atoms with Crippen LogP contribution in [0, 0.1) is 6.92 Å². The zero-order valence-electron chi connectivity index (χ0n) is 12.6. The van der Waals surface area contributed by atoms with Crippen LogP contribution in [-0.2, 0) is 4.74 Å². The Morgan fingerprint density at radius 1 is 1.41 bits per heavy atom. The van der Waals surface area contributed by atoms with Gasteiger partial charge in [-0.1, -0.05) is 29.3 Å². The highest BCUT2D eigenvalue weighted by molar-refractivity contribution is 6.33. The van der Waals surface area contributed by atoms with E-state index in [1.807, 2.05) is 19.9 Å². The fourth-order valence-corrected chi connectivity index (χ4v) is 2.16. The zero-order chi connectivity index (χ0) is 16.3. The van der Waals surface area contributed by atoms with Crippen molar-refractivity contribution in [3.63, 3.8) is 0 Å². The fourth-order valence-electron chi connectivity index (χ4n) is 1.79. The number of hydrogen-bond acceptors (Lipinski definition) is 4. The largest absolute Gasteiger partial charge is 0.380 e. The molecule has 0 spiro atoms. The molecule has 5 nitrogen and oxygen atoms in total. The first-order valence-electron chi connectivity index (χ1n) is 6.75. The second kappa shape index (κ2) is 7.13. The summed E-state index contributed by atoms with van der Waals surface area (Å²) < 4.78 is 6.36. The van der Waals surface area contributed by atoms with Gasteiger partial charge in [0, 0.05) is 18.7 Å². The van der Waals surface area contributed by atoms with Crippen LogP contribution in [0.15, 0.2) is 29.2 Å². The van der Waals surface area contributed by atoms with Crippen LogP contribution in [0.2, 0.25) is 10.0 Å². The van der Waals surface area contributed by atoms with E-state index in [2.05, 4.69) is 10.4 Å². The van der Waals surface area contributed by atoms with E-state index >= 15 is 0 Å². The molecule has 0 amide bonds. The number of nitrogens with one attached hydrogen (secondary N) is 1. The van der Waals surface area contributed by atoms with Gasteiger partial charge in [-0.3, -0.25) is 4.79 Å². The topological polar surface area (TPSA) is 56.1 Å². The second-order valence-corrected chi connectivity index (χ2v) is 5.74. The Balaban J connectivity index is 2.34. The van der Waals surface area contributed by atoms with E-state index in [1.54, 1.807) is 19.2 Å². The highest BCUT2D eigenvalue weighted by Crippen LogP contribution is 2.20. The molecule has 0 radical (unpaired) electrons. The molecule has 1 aromatic carbocycles. The van der Waals surface area contributed by atoms with Crippen LogP contribution < -0.4 is 10.9 Å². The van der Waals surface area contributed by atoms with E-state index in [4.69, 9.17) is 27.9 Å². The molecule has 0 saturated carbocycles. The molecule has 118 valence electrons. The first-order chi connectivity index (χ1) is 10.4. The van der Waals surface area contributed by atoms with E-state index in [-0.39, 0.29) is 11.1 Å². The molecule has 0 saturated heterocycles. The van der Waals surface area contributed by atoms with Crippen molar-refractivity contribution in [3.05, 3.63) is 50.4 Å². The number of hydrogen-bond donors (Lipinski definition) is 1. The summed E-state index contributed by atoms with van der Waals surface area (Å²) in [6.07, 6.45) is 1.51. The summed E-state index contributed by atoms with van der Waals surface area (Å²) >= 11 is 12.2. The molecule has 2 aromatic rings. The Hall–Kier alpha value is -1.56. The van der Waals surface area contributed by atoms with Crippen molar-refractivity contribution >= 4 is 28.9 Å². The molecular formula is C15H17Cl2N3O2. The molecular weight excluding hydrogens is 325 g/mol. The van der Waals surface area contributed by atoms with Gasteiger partial charge in [0.2, 0.25) is 0 Å². The van der Waals surface area contributed by atoms with Crippen molar-refractivity contribution in [2.75, 3.05) is 19.0 Å². The van der Waals surface area contributed by atoms with Gasteiger partial charge in [0.05, 0.1) is 23.7 Å². The summed E-state index contributed by atoms with van der Waals surface area (Å²) in [6.45, 7) is 4.32. The van der Waals surface area contributed by atoms with Gasteiger partial charge < -0.3 is 10.1 Å². The van der Waals surface area contributed by atoms with Crippen LogP contribution in [0.5, 0.6) is 0 Å². The van der Waals surface area contributed by atoms with Crippen molar-refractivity contribution in [2.24, 2.45) is 0 Å². The lowest BCUT2D eigenvalue weighted by Gasteiger charge is -2.13. The number of halogens is 2. The number of anilines is 1. The standard InChI is InChI=1S/C15H17Cl2N3O2/c1-9-4-5-11(6-12(9)16)20-15(21)14(17)13(8-19-20)18-7-10(2)22-3/h4-6,8,10,18H,7H2,1-3H3. The van der Waals surface area contributed by atoms with Gasteiger partial charge in [-0.25, -0.2) is 0 Å². The molecule has 1 heterocycles. The van der Waals surface area contributed by atoms with Gasteiger partial charge in [0.25, 0.3) is 5.56 Å². The first-order valence-corrected chi connectivity index (χ1v) is 7.50. The molecule has 0 aliphatic carbocycles. The molecule has 0 aliphatic heterocycles. The maximum absolute atomic E-state index is 12.4. The van der Waals surface area contributed by atoms with Crippen LogP contribution in [0.4, 0.5) is 5.69 Å². The third kappa shape index (κ3) is 3.61. The van der Waals surface area contributed by atoms with Crippen LogP contribution >= 0.6 is 23.2 Å². The van der Waals surface area contributed by atoms with Crippen LogP contribution in [0.3, 0.4) is 0 Å². The number of methoxy groups -OCH3 is 1. The third-order valence-electron chi connectivity index (χ3n) is 3.30. The number of aromatic nitrogens is 2. The van der Waals surface area contributed by atoms with Crippen LogP contribution in [0.1, 0.15) is 12.5 Å². The molecule has 0 bridgehead atoms. The maximum atomic E-state index is 12.4. The van der Waals surface area contributed by atoms with Crippen molar-refractivity contribution in [1.29, 1.82) is 0 Å². The zero-order valence-corrected chi connectivity index (χ0v) is 14.1. The minimum Gasteiger partial charge on any atom is -0.380 e. The highest BCUT2D eigenvalue weighted by Gasteiger charge is 2.12. The number of aryl methyl sites for hydroxylation is 1. The number of ether oxygens (including phenoxy) is 1. The van der Waals surface area contributed by atoms with Crippen molar-refractivity contribution in [3.8, 4) is 5.69 Å². The third-order valence-corrected chi connectivity index (χ3v) is 4.07. The highest BCUT2D eigenvalue weighted by atomic mass is 35.5. The van der Waals surface area contributed by atoms with E-state index in [0.29, 0.717) is 22.9 Å². The van der Waals surface area contributed by atoms with Gasteiger partial charge in [0.1, 0.15) is 5.02 Å². The lowest BCUT2D eigenvalue weighted by Crippen LogP contribution is -2.24. The van der Waals surface area contributed by atoms with Crippen LogP contribution in [0.25, 0.3) is 5.69 Å². The first kappa shape index (κ1) is 16.8. The van der Waals surface area contributed by atoms with E-state index in [9.17, 15) is 4.79 Å². The second-order valence-electron chi connectivity index (χ2n) is 4.95. The summed E-state index contributed by atoms with van der Waals surface area (Å²) in [5, 5.41) is 7.83. The lowest BCUT2D eigenvalue weighted by molar-refractivity contribution is 0.129. The molecule has 22 heavy (non-hydrogen) atoms. The molecule has 2 rings (SSSR count). The Labute approximate surface area is 138 Å². The van der Waals surface area contributed by atoms with E-state index < -0.39 is 5.56 Å². The molecule has 1 unspecified atom stereocenters. The minimum atomic E-state index is -0.406. The average molecular weight is 342 g/mol. The summed E-state index contributed by atoms with van der Waals surface area (Å²) in [6, 6.07) is 5.28. The number of benzene rings is 1. The molecule has 1 atom stereocenters. The van der Waals surface area contributed by atoms with Gasteiger partial charge in [-0.05, 0) is 31.5 Å². The Morgan fingerprint density at radius 3 is 2.77 bits per heavy atom. The predicted molar refractivity (Wildman–Crippen MR) is 89.6 cm³/mol. The van der Waals surface area contributed by atoms with Gasteiger partial charge in [-0.15, -0.1) is 0 Å². The predicted octanol–water partition coefficient (Wildman–Crippen LogP) is 3.29. The van der Waals surface area contributed by atoms with Gasteiger partial charge >= 0.3 is 0 Å².